The topological polar surface area (TPSA) is 178 Å². The Labute approximate surface area is 369 Å². The van der Waals surface area contributed by atoms with Gasteiger partial charge in [0.05, 0.1) is 88.6 Å². The van der Waals surface area contributed by atoms with Crippen LogP contribution in [-0.2, 0) is 23.7 Å². The zero-order valence-corrected chi connectivity index (χ0v) is 37.3. The van der Waals surface area contributed by atoms with Crippen molar-refractivity contribution in [2.75, 3.05) is 110 Å². The van der Waals surface area contributed by atoms with Gasteiger partial charge in [-0.05, 0) is 57.4 Å². The predicted octanol–water partition coefficient (Wildman–Crippen LogP) is 7.01. The molecular weight excluding hydrogens is 891 g/mol. The third kappa shape index (κ3) is 10.8. The number of thiazole rings is 2. The molecule has 2 aliphatic rings. The van der Waals surface area contributed by atoms with Crippen LogP contribution in [0.1, 0.15) is 43.7 Å². The van der Waals surface area contributed by atoms with Gasteiger partial charge >= 0.3 is 0 Å². The first-order valence-electron chi connectivity index (χ1n) is 19.4. The van der Waals surface area contributed by atoms with Gasteiger partial charge < -0.3 is 38.1 Å². The van der Waals surface area contributed by atoms with E-state index in [1.165, 1.54) is 22.7 Å². The molecular formula is C42H46BrN7O9S2. The summed E-state index contributed by atoms with van der Waals surface area (Å²) in [6, 6.07) is 12.9. The van der Waals surface area contributed by atoms with E-state index in [9.17, 15) is 9.59 Å². The van der Waals surface area contributed by atoms with Crippen molar-refractivity contribution in [1.29, 1.82) is 0 Å². The van der Waals surface area contributed by atoms with Crippen LogP contribution in [-0.4, -0.2) is 126 Å². The normalized spacial score (nSPS) is 15.0. The first-order chi connectivity index (χ1) is 29.8. The minimum absolute atomic E-state index is 0.0929. The maximum absolute atomic E-state index is 13.0. The van der Waals surface area contributed by atoms with Crippen molar-refractivity contribution in [2.24, 2.45) is 0 Å². The molecule has 0 radical (unpaired) electrons. The number of pyridine rings is 2. The van der Waals surface area contributed by atoms with Crippen LogP contribution in [0.2, 0.25) is 0 Å². The van der Waals surface area contributed by atoms with Gasteiger partial charge in [0.1, 0.15) is 28.4 Å². The molecule has 16 nitrogen and oxygen atoms in total. The summed E-state index contributed by atoms with van der Waals surface area (Å²) >= 11 is 6.19. The third-order valence-electron chi connectivity index (χ3n) is 9.90. The zero-order chi connectivity index (χ0) is 42.7. The molecule has 2 aliphatic heterocycles. The van der Waals surface area contributed by atoms with Crippen molar-refractivity contribution in [3.05, 3.63) is 87.8 Å². The SMILES string of the molecule is COCCN(C)c1cc(C(=O)Nc2nc3c(OC)ccc(C4COCCOC4)c3s2)ccn1.COc1ccc(C2COCCOC2)c2sc(NC(=O)c3ccncc3Br)nc12. The number of nitrogens with one attached hydrogen (secondary N) is 2. The summed E-state index contributed by atoms with van der Waals surface area (Å²) in [5, 5.41) is 6.81. The highest BCUT2D eigenvalue weighted by molar-refractivity contribution is 9.10. The quantitative estimate of drug-likeness (QED) is 0.128. The Kier molecular flexibility index (Phi) is 15.4. The molecule has 19 heteroatoms. The number of likely N-dealkylation sites (N-methyl/N-ethyl adjacent to an activating group) is 1. The molecule has 0 aliphatic carbocycles. The highest BCUT2D eigenvalue weighted by Gasteiger charge is 2.25. The van der Waals surface area contributed by atoms with Gasteiger partial charge in [-0.1, -0.05) is 34.8 Å². The Bertz CT molecular complexity index is 2440. The molecule has 2 saturated heterocycles. The van der Waals surface area contributed by atoms with Crippen molar-refractivity contribution in [3.63, 3.8) is 0 Å². The molecule has 2 N–H and O–H groups in total. The predicted molar refractivity (Wildman–Crippen MR) is 238 cm³/mol. The number of fused-ring (bicyclic) bond motifs is 2. The van der Waals surface area contributed by atoms with E-state index in [0.29, 0.717) is 115 Å². The second-order valence-corrected chi connectivity index (χ2v) is 16.7. The fourth-order valence-electron chi connectivity index (χ4n) is 6.68. The Morgan fingerprint density at radius 1 is 0.770 bits per heavy atom. The fraction of sp³-hybridized carbons (Fsp3) is 0.381. The number of anilines is 3. The van der Waals surface area contributed by atoms with E-state index in [0.717, 1.165) is 26.0 Å². The van der Waals surface area contributed by atoms with Gasteiger partial charge in [0.25, 0.3) is 11.8 Å². The van der Waals surface area contributed by atoms with E-state index in [1.807, 2.05) is 36.2 Å². The van der Waals surface area contributed by atoms with Gasteiger partial charge in [-0.15, -0.1) is 0 Å². The number of ether oxygens (including phenoxy) is 7. The summed E-state index contributed by atoms with van der Waals surface area (Å²) < 4.78 is 41.3. The summed E-state index contributed by atoms with van der Waals surface area (Å²) in [5.74, 6) is 1.71. The minimum atomic E-state index is -0.255. The molecule has 2 fully saturated rings. The molecule has 2 aromatic carbocycles. The van der Waals surface area contributed by atoms with Crippen LogP contribution in [0, 0.1) is 0 Å². The smallest absolute Gasteiger partial charge is 0.258 e. The third-order valence-corrected chi connectivity index (χ3v) is 12.6. The molecule has 8 rings (SSSR count). The van der Waals surface area contributed by atoms with Crippen LogP contribution in [0.3, 0.4) is 0 Å². The van der Waals surface area contributed by atoms with E-state index in [-0.39, 0.29) is 23.7 Å². The number of nitrogens with zero attached hydrogens (tertiary/aromatic N) is 5. The number of methoxy groups -OCH3 is 3. The monoisotopic (exact) mass is 935 g/mol. The molecule has 0 atom stereocenters. The number of carbonyl (C=O) groups is 2. The average molecular weight is 937 g/mol. The number of benzene rings is 2. The fourth-order valence-corrected chi connectivity index (χ4v) is 9.25. The van der Waals surface area contributed by atoms with E-state index in [2.05, 4.69) is 46.5 Å². The molecule has 6 heterocycles. The standard InChI is InChI=1S/C23H28N4O5S.C19H18BrN3O4S/c1-27(8-9-29-2)19-12-15(6-7-24-19)22(28)26-23-25-20-18(30-3)5-4-17(21(20)33-23)16-13-31-10-11-32-14-16;1-25-15-3-2-12(11-9-26-6-7-27-10-11)17-16(15)22-19(28-17)23-18(24)13-4-5-21-8-14(13)20/h4-7,12,16H,8-11,13-14H2,1-3H3,(H,25,26,28);2-5,8,11H,6-7,9-10H2,1H3,(H,22,23,24). The summed E-state index contributed by atoms with van der Waals surface area (Å²) in [6.45, 7) is 5.96. The minimum Gasteiger partial charge on any atom is -0.494 e. The van der Waals surface area contributed by atoms with E-state index >= 15 is 0 Å². The van der Waals surface area contributed by atoms with Gasteiger partial charge in [0, 0.05) is 61.2 Å². The summed E-state index contributed by atoms with van der Waals surface area (Å²) in [4.78, 5) is 45.1. The lowest BCUT2D eigenvalue weighted by atomic mass is 10.0. The van der Waals surface area contributed by atoms with Gasteiger partial charge in [0.15, 0.2) is 10.3 Å². The molecule has 0 unspecified atom stereocenters. The van der Waals surface area contributed by atoms with E-state index in [1.54, 1.807) is 58.1 Å². The average Bonchev–Trinajstić information content (AvgIpc) is 3.65. The number of hydrogen-bond donors (Lipinski definition) is 2. The van der Waals surface area contributed by atoms with Crippen molar-refractivity contribution in [2.45, 2.75) is 11.8 Å². The molecule has 4 aromatic heterocycles. The number of amides is 2. The van der Waals surface area contributed by atoms with Crippen LogP contribution in [0.15, 0.2) is 65.5 Å². The maximum Gasteiger partial charge on any atom is 0.258 e. The van der Waals surface area contributed by atoms with Gasteiger partial charge in [0.2, 0.25) is 0 Å². The van der Waals surface area contributed by atoms with Gasteiger partial charge in [-0.2, -0.15) is 0 Å². The molecule has 2 amide bonds. The summed E-state index contributed by atoms with van der Waals surface area (Å²) in [5.41, 5.74) is 4.60. The largest absolute Gasteiger partial charge is 0.494 e. The lowest BCUT2D eigenvalue weighted by Crippen LogP contribution is -2.23. The van der Waals surface area contributed by atoms with Crippen LogP contribution < -0.4 is 25.0 Å². The summed E-state index contributed by atoms with van der Waals surface area (Å²) in [6.07, 6.45) is 4.78. The molecule has 0 bridgehead atoms. The van der Waals surface area contributed by atoms with Crippen LogP contribution in [0.25, 0.3) is 20.4 Å². The van der Waals surface area contributed by atoms with E-state index < -0.39 is 0 Å². The Morgan fingerprint density at radius 3 is 1.82 bits per heavy atom. The second-order valence-electron chi connectivity index (χ2n) is 13.9. The maximum atomic E-state index is 13.0. The van der Waals surface area contributed by atoms with Crippen LogP contribution in [0.5, 0.6) is 11.5 Å². The Morgan fingerprint density at radius 2 is 1.31 bits per heavy atom. The van der Waals surface area contributed by atoms with Crippen molar-refractivity contribution >= 4 is 86.9 Å². The lowest BCUT2D eigenvalue weighted by Gasteiger charge is -2.17. The number of halogens is 1. The first kappa shape index (κ1) is 44.2. The number of hydrogen-bond acceptors (Lipinski definition) is 16. The summed E-state index contributed by atoms with van der Waals surface area (Å²) in [7, 11) is 6.78. The van der Waals surface area contributed by atoms with Crippen molar-refractivity contribution < 1.29 is 42.7 Å². The molecule has 322 valence electrons. The molecule has 0 spiro atoms. The van der Waals surface area contributed by atoms with Crippen LogP contribution in [0.4, 0.5) is 16.1 Å². The van der Waals surface area contributed by atoms with E-state index in [4.69, 9.17) is 33.2 Å². The highest BCUT2D eigenvalue weighted by Crippen LogP contribution is 2.40. The molecule has 6 aromatic rings. The first-order valence-corrected chi connectivity index (χ1v) is 21.8. The Balaban J connectivity index is 0.000000186. The number of carbonyl (C=O) groups excluding carboxylic acids is 2. The van der Waals surface area contributed by atoms with Crippen LogP contribution >= 0.6 is 38.6 Å². The Hall–Kier alpha value is -4.86. The van der Waals surface area contributed by atoms with Gasteiger partial charge in [-0.25, -0.2) is 15.0 Å². The highest BCUT2D eigenvalue weighted by atomic mass is 79.9. The van der Waals surface area contributed by atoms with Gasteiger partial charge in [-0.3, -0.25) is 25.2 Å². The van der Waals surface area contributed by atoms with Crippen molar-refractivity contribution in [3.8, 4) is 11.5 Å². The molecule has 0 saturated carbocycles. The second kappa shape index (κ2) is 21.3. The lowest BCUT2D eigenvalue weighted by molar-refractivity contribution is 0.101. The molecule has 61 heavy (non-hydrogen) atoms. The number of rotatable bonds is 12. The number of aromatic nitrogens is 4. The zero-order valence-electron chi connectivity index (χ0n) is 34.1. The van der Waals surface area contributed by atoms with Crippen molar-refractivity contribution in [1.82, 2.24) is 19.9 Å².